The van der Waals surface area contributed by atoms with Crippen LogP contribution in [0, 0.1) is 16.0 Å². The van der Waals surface area contributed by atoms with Gasteiger partial charge in [-0.25, -0.2) is 10.1 Å². The quantitative estimate of drug-likeness (QED) is 0.505. The Labute approximate surface area is 142 Å². The third kappa shape index (κ3) is 1.71. The Morgan fingerprint density at radius 2 is 2.16 bits per heavy atom. The first-order chi connectivity index (χ1) is 11.9. The molecular weight excluding hydrogens is 326 g/mol. The lowest BCUT2D eigenvalue weighted by molar-refractivity contribution is -1.23. The molecule has 1 spiro atoms. The molecule has 1 N–H and O–H groups in total. The highest BCUT2D eigenvalue weighted by Gasteiger charge is 2.65. The molecule has 1 fully saturated rings. The van der Waals surface area contributed by atoms with Gasteiger partial charge in [-0.15, -0.1) is 0 Å². The summed E-state index contributed by atoms with van der Waals surface area (Å²) in [6, 6.07) is 7.14. The van der Waals surface area contributed by atoms with Gasteiger partial charge in [0.15, 0.2) is 11.9 Å². The molecule has 8 heteroatoms. The van der Waals surface area contributed by atoms with Crippen molar-refractivity contribution in [2.75, 3.05) is 0 Å². The molecule has 0 bridgehead atoms. The van der Waals surface area contributed by atoms with E-state index in [9.17, 15) is 24.8 Å². The molecule has 25 heavy (non-hydrogen) atoms. The number of hydrogen-bond acceptors (Lipinski definition) is 5. The molecule has 1 aromatic carbocycles. The summed E-state index contributed by atoms with van der Waals surface area (Å²) >= 11 is 0. The van der Waals surface area contributed by atoms with Crippen molar-refractivity contribution in [2.45, 2.75) is 18.3 Å². The van der Waals surface area contributed by atoms with E-state index < -0.39 is 27.1 Å². The standard InChI is InChI=1S/C17H13N3O5/c21-15-8-7-12(14-6-3-9-20(14,16(22)23)19(24)25)17(15)10-18-13-5-2-1-4-11(13)17/h1-6,9-10,12H,7-8H2/p+1. The van der Waals surface area contributed by atoms with Crippen LogP contribution < -0.4 is 0 Å². The third-order valence-corrected chi connectivity index (χ3v) is 5.30. The van der Waals surface area contributed by atoms with Crippen LogP contribution in [-0.4, -0.2) is 32.8 Å². The minimum absolute atomic E-state index is 0.0755. The monoisotopic (exact) mass is 340 g/mol. The number of fused-ring (bicyclic) bond motifs is 2. The minimum Gasteiger partial charge on any atom is -0.431 e. The second kappa shape index (κ2) is 4.93. The number of ketones is 1. The molecule has 4 rings (SSSR count). The first-order valence-corrected chi connectivity index (χ1v) is 7.79. The molecule has 2 aliphatic heterocycles. The molecule has 3 atom stereocenters. The van der Waals surface area contributed by atoms with Crippen molar-refractivity contribution in [3.05, 3.63) is 64.0 Å². The molecule has 126 valence electrons. The number of carbonyl (C=O) groups is 2. The Morgan fingerprint density at radius 3 is 2.88 bits per heavy atom. The Hall–Kier alpha value is -3.13. The largest absolute Gasteiger partial charge is 0.588 e. The van der Waals surface area contributed by atoms with Gasteiger partial charge in [0.1, 0.15) is 15.8 Å². The predicted molar refractivity (Wildman–Crippen MR) is 86.5 cm³/mol. The van der Waals surface area contributed by atoms with Gasteiger partial charge in [-0.1, -0.05) is 18.2 Å². The average Bonchev–Trinajstić information content (AvgIpc) is 3.26. The van der Waals surface area contributed by atoms with Gasteiger partial charge in [0, 0.05) is 24.8 Å². The molecule has 3 unspecified atom stereocenters. The summed E-state index contributed by atoms with van der Waals surface area (Å²) in [6.45, 7) is 0. The number of amides is 1. The van der Waals surface area contributed by atoms with Crippen molar-refractivity contribution >= 4 is 23.8 Å². The summed E-state index contributed by atoms with van der Waals surface area (Å²) in [5, 5.41) is 20.4. The first-order valence-electron chi connectivity index (χ1n) is 7.79. The summed E-state index contributed by atoms with van der Waals surface area (Å²) in [6.07, 6.45) is 4.31. The number of para-hydroxylation sites is 1. The van der Waals surface area contributed by atoms with E-state index in [-0.39, 0.29) is 17.9 Å². The van der Waals surface area contributed by atoms with Crippen LogP contribution in [0.1, 0.15) is 18.4 Å². The van der Waals surface area contributed by atoms with Crippen LogP contribution in [0.4, 0.5) is 10.5 Å². The summed E-state index contributed by atoms with van der Waals surface area (Å²) in [5.74, 6) is -0.727. The number of aliphatic imine (C=N–C) groups is 1. The normalized spacial score (nSPS) is 32.2. The smallest absolute Gasteiger partial charge is 0.431 e. The van der Waals surface area contributed by atoms with Crippen molar-refractivity contribution in [3.8, 4) is 0 Å². The Morgan fingerprint density at radius 1 is 1.40 bits per heavy atom. The molecular formula is C17H14N3O5+. The van der Waals surface area contributed by atoms with Crippen LogP contribution >= 0.6 is 0 Å². The zero-order valence-electron chi connectivity index (χ0n) is 13.0. The van der Waals surface area contributed by atoms with Crippen LogP contribution in [0.5, 0.6) is 0 Å². The maximum Gasteiger partial charge on any atom is 0.588 e. The summed E-state index contributed by atoms with van der Waals surface area (Å²) < 4.78 is -1.52. The van der Waals surface area contributed by atoms with Crippen molar-refractivity contribution in [3.63, 3.8) is 0 Å². The number of carboxylic acid groups (broad SMARTS) is 1. The van der Waals surface area contributed by atoms with Gasteiger partial charge in [-0.05, 0) is 18.1 Å². The highest BCUT2D eigenvalue weighted by molar-refractivity contribution is 6.12. The fourth-order valence-corrected chi connectivity index (χ4v) is 4.17. The van der Waals surface area contributed by atoms with E-state index in [0.29, 0.717) is 17.7 Å². The Kier molecular flexibility index (Phi) is 3.04. The lowest BCUT2D eigenvalue weighted by Gasteiger charge is -2.30. The van der Waals surface area contributed by atoms with Crippen LogP contribution in [-0.2, 0) is 10.2 Å². The molecule has 1 saturated carbocycles. The Bertz CT molecular complexity index is 903. The molecule has 1 aromatic rings. The molecule has 3 aliphatic rings. The topological polar surface area (TPSA) is 110 Å². The van der Waals surface area contributed by atoms with Crippen LogP contribution in [0.25, 0.3) is 0 Å². The van der Waals surface area contributed by atoms with Gasteiger partial charge in [0.25, 0.3) is 5.03 Å². The van der Waals surface area contributed by atoms with Gasteiger partial charge in [-0.3, -0.25) is 9.79 Å². The summed E-state index contributed by atoms with van der Waals surface area (Å²) in [7, 11) is 0. The van der Waals surface area contributed by atoms with Crippen molar-refractivity contribution in [1.29, 1.82) is 0 Å². The number of nitro groups is 1. The van der Waals surface area contributed by atoms with Gasteiger partial charge in [-0.2, -0.15) is 4.79 Å². The van der Waals surface area contributed by atoms with E-state index in [1.807, 2.05) is 0 Å². The summed E-state index contributed by atoms with van der Waals surface area (Å²) in [5.41, 5.74) is 0.265. The van der Waals surface area contributed by atoms with Gasteiger partial charge in [0.05, 0.1) is 11.6 Å². The van der Waals surface area contributed by atoms with Crippen molar-refractivity contribution in [1.82, 2.24) is 0 Å². The SMILES string of the molecule is O=C1CCC(C2=CC=C[N+]2(C(=O)O)[N+](=O)[O-])C12C=Nc1ccccc12. The number of Topliss-reactive ketones (excluding diaryl/α,β-unsaturated/α-hetero) is 1. The number of quaternary nitrogens is 1. The van der Waals surface area contributed by atoms with E-state index in [2.05, 4.69) is 4.99 Å². The maximum atomic E-state index is 12.8. The highest BCUT2D eigenvalue weighted by Crippen LogP contribution is 2.53. The number of carbonyl (C=O) groups excluding carboxylic acids is 1. The first kappa shape index (κ1) is 15.4. The molecule has 8 nitrogen and oxygen atoms in total. The molecule has 1 amide bonds. The van der Waals surface area contributed by atoms with E-state index in [0.717, 1.165) is 6.20 Å². The average molecular weight is 340 g/mol. The van der Waals surface area contributed by atoms with Crippen LogP contribution in [0.15, 0.2) is 53.3 Å². The highest BCUT2D eigenvalue weighted by atomic mass is 16.7. The molecule has 2 heterocycles. The minimum atomic E-state index is -1.61. The molecule has 0 saturated heterocycles. The van der Waals surface area contributed by atoms with Crippen molar-refractivity contribution in [2.24, 2.45) is 10.9 Å². The number of allylic oxidation sites excluding steroid dienone is 3. The lowest BCUT2D eigenvalue weighted by Crippen LogP contribution is -2.54. The van der Waals surface area contributed by atoms with Gasteiger partial charge >= 0.3 is 6.09 Å². The van der Waals surface area contributed by atoms with E-state index in [4.69, 9.17) is 0 Å². The maximum absolute atomic E-state index is 12.8. The predicted octanol–water partition coefficient (Wildman–Crippen LogP) is 2.72. The van der Waals surface area contributed by atoms with Crippen LogP contribution in [0.3, 0.4) is 0 Å². The van der Waals surface area contributed by atoms with Crippen LogP contribution in [0.2, 0.25) is 0 Å². The molecule has 1 aliphatic carbocycles. The third-order valence-electron chi connectivity index (χ3n) is 5.30. The molecule has 0 aromatic heterocycles. The van der Waals surface area contributed by atoms with E-state index in [1.54, 1.807) is 24.3 Å². The van der Waals surface area contributed by atoms with Gasteiger partial charge < -0.3 is 5.11 Å². The fourth-order valence-electron chi connectivity index (χ4n) is 4.17. The zero-order chi connectivity index (χ0) is 17.8. The number of rotatable bonds is 2. The molecule has 0 radical (unpaired) electrons. The number of hydrogen-bond donors (Lipinski definition) is 1. The number of benzene rings is 1. The number of nitrogens with zero attached hydrogens (tertiary/aromatic N) is 3. The fraction of sp³-hybridized carbons (Fsp3) is 0.235. The second-order valence-electron chi connectivity index (χ2n) is 6.30. The second-order valence-corrected chi connectivity index (χ2v) is 6.30. The van der Waals surface area contributed by atoms with E-state index in [1.165, 1.54) is 18.4 Å². The summed E-state index contributed by atoms with van der Waals surface area (Å²) in [4.78, 5) is 40.6. The van der Waals surface area contributed by atoms with Crippen molar-refractivity contribution < 1.29 is 24.3 Å². The lowest BCUT2D eigenvalue weighted by atomic mass is 9.71. The zero-order valence-corrected chi connectivity index (χ0v) is 13.0. The van der Waals surface area contributed by atoms with Gasteiger partial charge in [0.2, 0.25) is 0 Å². The Balaban J connectivity index is 1.90. The van der Waals surface area contributed by atoms with E-state index >= 15 is 0 Å².